The summed E-state index contributed by atoms with van der Waals surface area (Å²) >= 11 is 3.57. The Hall–Kier alpha value is -0.750. The Labute approximate surface area is 137 Å². The number of rotatable bonds is 5. The van der Waals surface area contributed by atoms with Gasteiger partial charge in [-0.25, -0.2) is 4.98 Å². The van der Waals surface area contributed by atoms with Crippen LogP contribution in [0.2, 0.25) is 0 Å². The topological polar surface area (TPSA) is 49.3 Å². The lowest BCUT2D eigenvalue weighted by Crippen LogP contribution is -2.43. The molecule has 0 aliphatic carbocycles. The van der Waals surface area contributed by atoms with E-state index in [0.717, 1.165) is 18.2 Å². The van der Waals surface area contributed by atoms with Gasteiger partial charge in [-0.3, -0.25) is 4.99 Å². The first-order valence-electron chi connectivity index (χ1n) is 7.12. The normalized spacial score (nSPS) is 13.4. The summed E-state index contributed by atoms with van der Waals surface area (Å²) in [5, 5.41) is 9.97. The second-order valence-electron chi connectivity index (χ2n) is 6.64. The molecule has 0 aliphatic rings. The van der Waals surface area contributed by atoms with E-state index < -0.39 is 0 Å². The highest BCUT2D eigenvalue weighted by molar-refractivity contribution is 7.99. The molecule has 0 fully saturated rings. The first kappa shape index (κ1) is 18.3. The highest BCUT2D eigenvalue weighted by atomic mass is 32.2. The molecule has 21 heavy (non-hydrogen) atoms. The van der Waals surface area contributed by atoms with Gasteiger partial charge in [-0.2, -0.15) is 11.8 Å². The molecule has 1 rings (SSSR count). The van der Waals surface area contributed by atoms with E-state index in [9.17, 15) is 0 Å². The van der Waals surface area contributed by atoms with E-state index in [1.54, 1.807) is 18.4 Å². The maximum absolute atomic E-state index is 4.68. The summed E-state index contributed by atoms with van der Waals surface area (Å²) in [6, 6.07) is 0. The smallest absolute Gasteiger partial charge is 0.191 e. The molecule has 0 bridgehead atoms. The summed E-state index contributed by atoms with van der Waals surface area (Å²) in [4.78, 5) is 8.94. The summed E-state index contributed by atoms with van der Waals surface area (Å²) in [6.07, 6.45) is 2.13. The fourth-order valence-corrected chi connectivity index (χ4v) is 2.62. The van der Waals surface area contributed by atoms with Gasteiger partial charge < -0.3 is 10.6 Å². The molecule has 0 radical (unpaired) electrons. The molecule has 0 atom stereocenters. The van der Waals surface area contributed by atoms with Crippen LogP contribution >= 0.6 is 23.1 Å². The Morgan fingerprint density at radius 2 is 1.95 bits per heavy atom. The average molecular weight is 329 g/mol. The number of aromatic nitrogens is 1. The van der Waals surface area contributed by atoms with Crippen molar-refractivity contribution in [3.63, 3.8) is 0 Å². The van der Waals surface area contributed by atoms with Crippen LogP contribution in [0.15, 0.2) is 10.4 Å². The number of thiazole rings is 1. The van der Waals surface area contributed by atoms with E-state index in [0.29, 0.717) is 6.54 Å². The largest absolute Gasteiger partial charge is 0.355 e. The minimum atomic E-state index is 0.116. The Morgan fingerprint density at radius 3 is 2.43 bits per heavy atom. The molecule has 0 saturated heterocycles. The first-order chi connectivity index (χ1) is 9.68. The molecule has 0 unspecified atom stereocenters. The lowest BCUT2D eigenvalue weighted by molar-refractivity contribution is 0.582. The van der Waals surface area contributed by atoms with Gasteiger partial charge in [0.2, 0.25) is 0 Å². The second kappa shape index (κ2) is 7.49. The summed E-state index contributed by atoms with van der Waals surface area (Å²) in [7, 11) is 1.79. The second-order valence-corrected chi connectivity index (χ2v) is 9.01. The minimum Gasteiger partial charge on any atom is -0.355 e. The average Bonchev–Trinajstić information content (AvgIpc) is 2.88. The Morgan fingerprint density at radius 1 is 1.29 bits per heavy atom. The molecule has 0 aliphatic heterocycles. The van der Waals surface area contributed by atoms with E-state index in [1.807, 2.05) is 11.8 Å². The quantitative estimate of drug-likeness (QED) is 0.643. The Kier molecular flexibility index (Phi) is 6.53. The zero-order valence-corrected chi connectivity index (χ0v) is 15.8. The summed E-state index contributed by atoms with van der Waals surface area (Å²) < 4.78 is 0.192. The fourth-order valence-electron chi connectivity index (χ4n) is 1.50. The van der Waals surface area contributed by atoms with E-state index in [-0.39, 0.29) is 10.2 Å². The SMILES string of the molecule is CN=C(NCc1csc(C(C)(C)C)n1)NCC(C)(C)SC. The number of nitrogens with one attached hydrogen (secondary N) is 2. The number of hydrogen-bond acceptors (Lipinski definition) is 4. The lowest BCUT2D eigenvalue weighted by atomic mass is 9.98. The number of thioether (sulfide) groups is 1. The van der Waals surface area contributed by atoms with Crippen LogP contribution in [0.1, 0.15) is 45.3 Å². The molecule has 0 amide bonds. The summed E-state index contributed by atoms with van der Waals surface area (Å²) in [5.41, 5.74) is 1.18. The van der Waals surface area contributed by atoms with E-state index in [4.69, 9.17) is 0 Å². The van der Waals surface area contributed by atoms with Gasteiger partial charge in [0.1, 0.15) is 0 Å². The van der Waals surface area contributed by atoms with Crippen molar-refractivity contribution in [3.05, 3.63) is 16.1 Å². The van der Waals surface area contributed by atoms with Crippen LogP contribution in [0.4, 0.5) is 0 Å². The minimum absolute atomic E-state index is 0.116. The standard InChI is InChI=1S/C15H28N4S2/c1-14(2,3)12-19-11(9-21-12)8-17-13(16-6)18-10-15(4,5)20-7/h9H,8,10H2,1-7H3,(H2,16,17,18). The van der Waals surface area contributed by atoms with Crippen LogP contribution in [-0.2, 0) is 12.0 Å². The van der Waals surface area contributed by atoms with Crippen LogP contribution in [0, 0.1) is 0 Å². The monoisotopic (exact) mass is 328 g/mol. The first-order valence-corrected chi connectivity index (χ1v) is 9.23. The number of guanidine groups is 1. The van der Waals surface area contributed by atoms with Gasteiger partial charge in [-0.1, -0.05) is 20.8 Å². The molecule has 120 valence electrons. The maximum atomic E-state index is 4.68. The van der Waals surface area contributed by atoms with Crippen molar-refractivity contribution in [2.45, 2.75) is 51.3 Å². The maximum Gasteiger partial charge on any atom is 0.191 e. The predicted molar refractivity (Wildman–Crippen MR) is 96.6 cm³/mol. The van der Waals surface area contributed by atoms with Crippen molar-refractivity contribution < 1.29 is 0 Å². The molecule has 0 saturated carbocycles. The highest BCUT2D eigenvalue weighted by Crippen LogP contribution is 2.25. The van der Waals surface area contributed by atoms with Gasteiger partial charge in [0.25, 0.3) is 0 Å². The van der Waals surface area contributed by atoms with Crippen molar-refractivity contribution in [2.24, 2.45) is 4.99 Å². The summed E-state index contributed by atoms with van der Waals surface area (Å²) in [6.45, 7) is 12.6. The van der Waals surface area contributed by atoms with Crippen molar-refractivity contribution >= 4 is 29.1 Å². The van der Waals surface area contributed by atoms with Gasteiger partial charge in [-0.05, 0) is 20.1 Å². The highest BCUT2D eigenvalue weighted by Gasteiger charge is 2.18. The van der Waals surface area contributed by atoms with Crippen LogP contribution < -0.4 is 10.6 Å². The third-order valence-corrected chi connectivity index (χ3v) is 5.65. The molecule has 1 heterocycles. The van der Waals surface area contributed by atoms with Crippen molar-refractivity contribution in [1.82, 2.24) is 15.6 Å². The van der Waals surface area contributed by atoms with Crippen LogP contribution in [0.5, 0.6) is 0 Å². The molecule has 1 aromatic rings. The lowest BCUT2D eigenvalue weighted by Gasteiger charge is -2.23. The predicted octanol–water partition coefficient (Wildman–Crippen LogP) is 3.25. The van der Waals surface area contributed by atoms with Crippen molar-refractivity contribution in [1.29, 1.82) is 0 Å². The van der Waals surface area contributed by atoms with E-state index in [1.165, 1.54) is 5.01 Å². The molecule has 0 spiro atoms. The van der Waals surface area contributed by atoms with Gasteiger partial charge in [0.15, 0.2) is 5.96 Å². The van der Waals surface area contributed by atoms with E-state index in [2.05, 4.69) is 66.9 Å². The molecule has 4 nitrogen and oxygen atoms in total. The van der Waals surface area contributed by atoms with E-state index >= 15 is 0 Å². The fraction of sp³-hybridized carbons (Fsp3) is 0.733. The number of aliphatic imine (C=N–C) groups is 1. The number of hydrogen-bond donors (Lipinski definition) is 2. The Bertz CT molecular complexity index is 472. The molecular formula is C15H28N4S2. The van der Waals surface area contributed by atoms with Gasteiger partial charge in [0.05, 0.1) is 17.2 Å². The van der Waals surface area contributed by atoms with Crippen LogP contribution in [0.25, 0.3) is 0 Å². The third-order valence-electron chi connectivity index (χ3n) is 3.09. The summed E-state index contributed by atoms with van der Waals surface area (Å²) in [5.74, 6) is 0.822. The van der Waals surface area contributed by atoms with Crippen LogP contribution in [-0.4, -0.2) is 35.5 Å². The van der Waals surface area contributed by atoms with Crippen molar-refractivity contribution in [2.75, 3.05) is 19.8 Å². The van der Waals surface area contributed by atoms with Gasteiger partial charge >= 0.3 is 0 Å². The third kappa shape index (κ3) is 6.26. The molecule has 6 heteroatoms. The van der Waals surface area contributed by atoms with Gasteiger partial charge in [-0.15, -0.1) is 11.3 Å². The van der Waals surface area contributed by atoms with Crippen molar-refractivity contribution in [3.8, 4) is 0 Å². The van der Waals surface area contributed by atoms with Crippen LogP contribution in [0.3, 0.4) is 0 Å². The molecule has 1 aromatic heterocycles. The molecule has 2 N–H and O–H groups in total. The molecular weight excluding hydrogens is 300 g/mol. The zero-order valence-electron chi connectivity index (χ0n) is 14.2. The Balaban J connectivity index is 2.51. The number of nitrogens with zero attached hydrogens (tertiary/aromatic N) is 2. The van der Waals surface area contributed by atoms with Gasteiger partial charge in [0, 0.05) is 29.1 Å². The molecule has 0 aromatic carbocycles. The zero-order chi connectivity index (χ0) is 16.1.